The van der Waals surface area contributed by atoms with E-state index in [0.717, 1.165) is 11.0 Å². The number of carbonyl (C=O) groups excluding carboxylic acids is 2. The molecule has 0 aromatic heterocycles. The first-order valence-electron chi connectivity index (χ1n) is 6.69. The number of benzene rings is 1. The Hall–Kier alpha value is -1.76. The molecular formula is C15H15Cl2NO5. The molecule has 0 spiro atoms. The van der Waals surface area contributed by atoms with Crippen LogP contribution in [-0.4, -0.2) is 34.4 Å². The van der Waals surface area contributed by atoms with Crippen LogP contribution in [0.5, 0.6) is 0 Å². The summed E-state index contributed by atoms with van der Waals surface area (Å²) in [5, 5.41) is 10.1. The molecule has 0 unspecified atom stereocenters. The number of ether oxygens (including phenoxy) is 2. The molecule has 1 heterocycles. The minimum Gasteiger partial charge on any atom is -0.445 e. The highest BCUT2D eigenvalue weighted by molar-refractivity contribution is 6.42. The third-order valence-corrected chi connectivity index (χ3v) is 3.73. The van der Waals surface area contributed by atoms with Gasteiger partial charge in [-0.25, -0.2) is 4.79 Å². The molecule has 1 amide bonds. The molecule has 1 aromatic rings. The van der Waals surface area contributed by atoms with Crippen molar-refractivity contribution in [3.63, 3.8) is 0 Å². The van der Waals surface area contributed by atoms with E-state index in [1.807, 2.05) is 0 Å². The van der Waals surface area contributed by atoms with Crippen LogP contribution in [0.15, 0.2) is 30.0 Å². The molecule has 1 fully saturated rings. The van der Waals surface area contributed by atoms with Crippen LogP contribution in [-0.2, 0) is 25.6 Å². The van der Waals surface area contributed by atoms with Crippen molar-refractivity contribution in [2.45, 2.75) is 26.2 Å². The summed E-state index contributed by atoms with van der Waals surface area (Å²) in [6.07, 6.45) is 0.991. The number of esters is 1. The van der Waals surface area contributed by atoms with Crippen LogP contribution in [0.2, 0.25) is 10.0 Å². The predicted octanol–water partition coefficient (Wildman–Crippen LogP) is 2.47. The van der Waals surface area contributed by atoms with E-state index >= 15 is 0 Å². The quantitative estimate of drug-likeness (QED) is 0.507. The zero-order chi connectivity index (χ0) is 17.2. The molecule has 1 aliphatic heterocycles. The Bertz CT molecular complexity index is 672. The maximum absolute atomic E-state index is 12.2. The van der Waals surface area contributed by atoms with E-state index in [0.29, 0.717) is 15.6 Å². The molecule has 1 N–H and O–H groups in total. The van der Waals surface area contributed by atoms with Crippen LogP contribution in [0.4, 0.5) is 0 Å². The normalized spacial score (nSPS) is 17.8. The number of amides is 1. The van der Waals surface area contributed by atoms with Crippen LogP contribution in [0.25, 0.3) is 0 Å². The van der Waals surface area contributed by atoms with Gasteiger partial charge in [0.05, 0.1) is 16.1 Å². The second-order valence-corrected chi connectivity index (χ2v) is 6.14. The molecule has 2 rings (SSSR count). The van der Waals surface area contributed by atoms with Gasteiger partial charge in [0.15, 0.2) is 0 Å². The number of carbonyl (C=O) groups is 2. The van der Waals surface area contributed by atoms with E-state index in [1.165, 1.54) is 0 Å². The van der Waals surface area contributed by atoms with Crippen LogP contribution >= 0.6 is 23.2 Å². The molecule has 0 radical (unpaired) electrons. The lowest BCUT2D eigenvalue weighted by Crippen LogP contribution is -2.30. The Morgan fingerprint density at radius 3 is 2.52 bits per heavy atom. The fourth-order valence-electron chi connectivity index (χ4n) is 1.95. The maximum Gasteiger partial charge on any atom is 0.377 e. The van der Waals surface area contributed by atoms with Crippen molar-refractivity contribution in [3.05, 3.63) is 45.6 Å². The van der Waals surface area contributed by atoms with Crippen LogP contribution < -0.4 is 0 Å². The Balaban J connectivity index is 2.13. The van der Waals surface area contributed by atoms with Gasteiger partial charge in [0, 0.05) is 20.4 Å². The smallest absolute Gasteiger partial charge is 0.377 e. The highest BCUT2D eigenvalue weighted by atomic mass is 35.5. The number of hydrogen-bond donors (Lipinski definition) is 1. The molecular weight excluding hydrogens is 345 g/mol. The van der Waals surface area contributed by atoms with Gasteiger partial charge in [-0.05, 0) is 17.7 Å². The molecule has 6 nitrogen and oxygen atoms in total. The van der Waals surface area contributed by atoms with Crippen molar-refractivity contribution in [2.75, 3.05) is 6.73 Å². The topological polar surface area (TPSA) is 76.1 Å². The number of nitrogens with zero attached hydrogens (tertiary/aromatic N) is 1. The zero-order valence-corrected chi connectivity index (χ0v) is 14.0. The first-order valence-corrected chi connectivity index (χ1v) is 7.45. The van der Waals surface area contributed by atoms with Gasteiger partial charge in [-0.1, -0.05) is 29.3 Å². The first-order chi connectivity index (χ1) is 10.7. The standard InChI is InChI=1S/C15H15Cl2NO5/c1-15(2)22-12(14(21)23-15)6-13(20)18(8-19)7-9-3-4-10(16)11(17)5-9/h3-6,19H,7-8H2,1-2H3. The maximum atomic E-state index is 12.2. The second kappa shape index (κ2) is 6.78. The van der Waals surface area contributed by atoms with Crippen molar-refractivity contribution >= 4 is 35.1 Å². The summed E-state index contributed by atoms with van der Waals surface area (Å²) in [6.45, 7) is 2.65. The van der Waals surface area contributed by atoms with Crippen molar-refractivity contribution in [1.29, 1.82) is 0 Å². The van der Waals surface area contributed by atoms with E-state index in [2.05, 4.69) is 0 Å². The third kappa shape index (κ3) is 4.37. The number of halogens is 2. The van der Waals surface area contributed by atoms with Gasteiger partial charge >= 0.3 is 5.97 Å². The second-order valence-electron chi connectivity index (χ2n) is 5.33. The number of rotatable bonds is 4. The Morgan fingerprint density at radius 2 is 2.00 bits per heavy atom. The van der Waals surface area contributed by atoms with Crippen molar-refractivity contribution < 1.29 is 24.2 Å². The largest absolute Gasteiger partial charge is 0.445 e. The molecule has 124 valence electrons. The summed E-state index contributed by atoms with van der Waals surface area (Å²) in [5.74, 6) is -2.64. The van der Waals surface area contributed by atoms with Gasteiger partial charge in [-0.15, -0.1) is 0 Å². The minimum absolute atomic E-state index is 0.0917. The van der Waals surface area contributed by atoms with Gasteiger partial charge in [-0.3, -0.25) is 4.79 Å². The number of hydrogen-bond acceptors (Lipinski definition) is 5. The minimum atomic E-state index is -1.11. The van der Waals surface area contributed by atoms with Crippen molar-refractivity contribution in [1.82, 2.24) is 4.90 Å². The van der Waals surface area contributed by atoms with Crippen LogP contribution in [0, 0.1) is 0 Å². The summed E-state index contributed by atoms with van der Waals surface area (Å²) in [7, 11) is 0. The van der Waals surface area contributed by atoms with Gasteiger partial charge in [0.1, 0.15) is 6.73 Å². The monoisotopic (exact) mass is 359 g/mol. The molecule has 1 saturated heterocycles. The Morgan fingerprint density at radius 1 is 1.30 bits per heavy atom. The fraction of sp³-hybridized carbons (Fsp3) is 0.333. The summed E-state index contributed by atoms with van der Waals surface area (Å²) in [5.41, 5.74) is 0.676. The van der Waals surface area contributed by atoms with Gasteiger partial charge < -0.3 is 19.5 Å². The van der Waals surface area contributed by atoms with Crippen LogP contribution in [0.3, 0.4) is 0 Å². The molecule has 0 atom stereocenters. The lowest BCUT2D eigenvalue weighted by molar-refractivity contribution is -0.159. The summed E-state index contributed by atoms with van der Waals surface area (Å²) in [4.78, 5) is 24.9. The highest BCUT2D eigenvalue weighted by Gasteiger charge is 2.38. The van der Waals surface area contributed by atoms with Crippen LogP contribution in [0.1, 0.15) is 19.4 Å². The van der Waals surface area contributed by atoms with Gasteiger partial charge in [0.2, 0.25) is 11.5 Å². The average Bonchev–Trinajstić information content (AvgIpc) is 2.72. The van der Waals surface area contributed by atoms with Gasteiger partial charge in [-0.2, -0.15) is 0 Å². The predicted molar refractivity (Wildman–Crippen MR) is 83.4 cm³/mol. The lowest BCUT2D eigenvalue weighted by atomic mass is 10.2. The molecule has 23 heavy (non-hydrogen) atoms. The van der Waals surface area contributed by atoms with E-state index < -0.39 is 24.4 Å². The number of aliphatic hydroxyl groups excluding tert-OH is 1. The van der Waals surface area contributed by atoms with Gasteiger partial charge in [0.25, 0.3) is 5.91 Å². The molecule has 8 heteroatoms. The Kier molecular flexibility index (Phi) is 5.19. The van der Waals surface area contributed by atoms with E-state index in [-0.39, 0.29) is 12.3 Å². The molecule has 1 aromatic carbocycles. The SMILES string of the molecule is CC1(C)OC(=O)C(=CC(=O)N(CO)Cc2ccc(Cl)c(Cl)c2)O1. The number of aliphatic hydroxyl groups is 1. The molecule has 1 aliphatic rings. The third-order valence-electron chi connectivity index (χ3n) is 2.99. The zero-order valence-electron chi connectivity index (χ0n) is 12.5. The van der Waals surface area contributed by atoms with E-state index in [1.54, 1.807) is 32.0 Å². The molecule has 0 bridgehead atoms. The van der Waals surface area contributed by atoms with E-state index in [4.69, 9.17) is 32.7 Å². The molecule has 0 saturated carbocycles. The first kappa shape index (κ1) is 17.6. The lowest BCUT2D eigenvalue weighted by Gasteiger charge is -2.19. The average molecular weight is 360 g/mol. The molecule has 0 aliphatic carbocycles. The summed E-state index contributed by atoms with van der Waals surface area (Å²) >= 11 is 11.7. The summed E-state index contributed by atoms with van der Waals surface area (Å²) in [6, 6.07) is 4.87. The fourth-order valence-corrected chi connectivity index (χ4v) is 2.27. The Labute approximate surface area is 143 Å². The summed E-state index contributed by atoms with van der Waals surface area (Å²) < 4.78 is 10.2. The van der Waals surface area contributed by atoms with Crippen molar-refractivity contribution in [2.24, 2.45) is 0 Å². The van der Waals surface area contributed by atoms with Crippen molar-refractivity contribution in [3.8, 4) is 0 Å². The highest BCUT2D eigenvalue weighted by Crippen LogP contribution is 2.26. The van der Waals surface area contributed by atoms with E-state index in [9.17, 15) is 14.7 Å². The number of cyclic esters (lactones) is 1.